The number of hydrogen-bond acceptors (Lipinski definition) is 3. The van der Waals surface area contributed by atoms with Gasteiger partial charge in [-0.15, -0.1) is 0 Å². The molecule has 0 unspecified atom stereocenters. The average Bonchev–Trinajstić information content (AvgIpc) is 2.37. The zero-order valence-corrected chi connectivity index (χ0v) is 12.9. The highest BCUT2D eigenvalue weighted by Crippen LogP contribution is 2.27. The molecule has 0 aliphatic carbocycles. The first-order valence-corrected chi connectivity index (χ1v) is 7.10. The molecule has 1 N–H and O–H groups in total. The van der Waals surface area contributed by atoms with Gasteiger partial charge in [-0.05, 0) is 17.7 Å². The lowest BCUT2D eigenvalue weighted by Crippen LogP contribution is -2.21. The Morgan fingerprint density at radius 1 is 1.15 bits per heavy atom. The molecule has 1 heterocycles. The van der Waals surface area contributed by atoms with Crippen LogP contribution in [0.25, 0.3) is 0 Å². The van der Waals surface area contributed by atoms with Crippen LogP contribution in [0.3, 0.4) is 0 Å². The molecule has 1 aromatic heterocycles. The zero-order valence-electron chi connectivity index (χ0n) is 11.4. The second-order valence-electron chi connectivity index (χ2n) is 4.73. The number of hydrogen-bond donors (Lipinski definition) is 1. The van der Waals surface area contributed by atoms with E-state index in [1.54, 1.807) is 24.5 Å². The van der Waals surface area contributed by atoms with Gasteiger partial charge in [-0.25, -0.2) is 0 Å². The molecule has 0 aliphatic heterocycles. The topological polar surface area (TPSA) is 34.1 Å². The van der Waals surface area contributed by atoms with Crippen molar-refractivity contribution in [2.75, 3.05) is 0 Å². The van der Waals surface area contributed by atoms with Crippen molar-refractivity contribution in [2.45, 2.75) is 26.4 Å². The predicted molar refractivity (Wildman–Crippen MR) is 82.7 cm³/mol. The maximum atomic E-state index is 6.25. The molecule has 0 saturated carbocycles. The molecule has 2 rings (SSSR count). The predicted octanol–water partition coefficient (Wildman–Crippen LogP) is 4.68. The van der Waals surface area contributed by atoms with Crippen LogP contribution in [0.2, 0.25) is 10.0 Å². The van der Waals surface area contributed by atoms with Gasteiger partial charge in [0.2, 0.25) is 0 Å². The molecular weight excluding hydrogens is 295 g/mol. The summed E-state index contributed by atoms with van der Waals surface area (Å²) in [5, 5.41) is 4.53. The van der Waals surface area contributed by atoms with E-state index in [9.17, 15) is 0 Å². The van der Waals surface area contributed by atoms with Crippen molar-refractivity contribution in [1.29, 1.82) is 0 Å². The molecule has 0 saturated heterocycles. The molecule has 2 aromatic rings. The van der Waals surface area contributed by atoms with Crippen LogP contribution in [0.15, 0.2) is 36.7 Å². The normalized spacial score (nSPS) is 10.8. The summed E-state index contributed by atoms with van der Waals surface area (Å²) in [5.41, 5.74) is 1.04. The van der Waals surface area contributed by atoms with Gasteiger partial charge in [-0.3, -0.25) is 4.98 Å². The van der Waals surface area contributed by atoms with Gasteiger partial charge >= 0.3 is 0 Å². The first kappa shape index (κ1) is 15.1. The largest absolute Gasteiger partial charge is 0.456 e. The Kier molecular flexibility index (Phi) is 5.24. The van der Waals surface area contributed by atoms with Crippen molar-refractivity contribution in [3.63, 3.8) is 0 Å². The number of nitrogens with one attached hydrogen (secondary N) is 1. The summed E-state index contributed by atoms with van der Waals surface area (Å²) in [5.74, 6) is 1.24. The van der Waals surface area contributed by atoms with E-state index in [4.69, 9.17) is 27.9 Å². The van der Waals surface area contributed by atoms with E-state index in [1.165, 1.54) is 0 Å². The third-order valence-electron chi connectivity index (χ3n) is 2.64. The Hall–Kier alpha value is -1.29. The minimum atomic E-state index is 0.416. The van der Waals surface area contributed by atoms with Crippen LogP contribution in [-0.2, 0) is 6.54 Å². The summed E-state index contributed by atoms with van der Waals surface area (Å²) in [6, 6.07) is 7.74. The van der Waals surface area contributed by atoms with Crippen LogP contribution in [0.4, 0.5) is 0 Å². The highest BCUT2D eigenvalue weighted by Gasteiger charge is 2.05. The van der Waals surface area contributed by atoms with E-state index in [-0.39, 0.29) is 0 Å². The third kappa shape index (κ3) is 4.37. The molecule has 0 bridgehead atoms. The molecule has 1 aromatic carbocycles. The standard InChI is InChI=1S/C15H16Cl2N2O/c1-10(2)19-7-11-3-4-13(6-15(11)17)20-14-5-12(16)8-18-9-14/h3-6,8-10,19H,7H2,1-2H3. The highest BCUT2D eigenvalue weighted by atomic mass is 35.5. The van der Waals surface area contributed by atoms with Crippen LogP contribution in [-0.4, -0.2) is 11.0 Å². The first-order chi connectivity index (χ1) is 9.54. The summed E-state index contributed by atoms with van der Waals surface area (Å²) in [6.45, 7) is 4.92. The second kappa shape index (κ2) is 6.93. The Labute approximate surface area is 128 Å². The van der Waals surface area contributed by atoms with Gasteiger partial charge in [-0.2, -0.15) is 0 Å². The summed E-state index contributed by atoms with van der Waals surface area (Å²) in [7, 11) is 0. The van der Waals surface area contributed by atoms with Gasteiger partial charge in [0.25, 0.3) is 0 Å². The molecule has 0 fully saturated rings. The summed E-state index contributed by atoms with van der Waals surface area (Å²) in [6.07, 6.45) is 3.16. The molecule has 0 atom stereocenters. The van der Waals surface area contributed by atoms with Gasteiger partial charge in [0.15, 0.2) is 0 Å². The van der Waals surface area contributed by atoms with Gasteiger partial charge in [-0.1, -0.05) is 43.1 Å². The van der Waals surface area contributed by atoms with E-state index >= 15 is 0 Å². The van der Waals surface area contributed by atoms with E-state index < -0.39 is 0 Å². The van der Waals surface area contributed by atoms with E-state index in [2.05, 4.69) is 24.1 Å². The zero-order chi connectivity index (χ0) is 14.5. The number of rotatable bonds is 5. The fourth-order valence-corrected chi connectivity index (χ4v) is 2.03. The van der Waals surface area contributed by atoms with Crippen molar-refractivity contribution < 1.29 is 4.74 Å². The van der Waals surface area contributed by atoms with E-state index in [0.717, 1.165) is 12.1 Å². The summed E-state index contributed by atoms with van der Waals surface area (Å²) in [4.78, 5) is 3.97. The smallest absolute Gasteiger partial charge is 0.147 e. The van der Waals surface area contributed by atoms with Crippen molar-refractivity contribution in [3.05, 3.63) is 52.3 Å². The number of ether oxygens (including phenoxy) is 1. The number of aromatic nitrogens is 1. The van der Waals surface area contributed by atoms with Gasteiger partial charge < -0.3 is 10.1 Å². The lowest BCUT2D eigenvalue weighted by atomic mass is 10.2. The molecular formula is C15H16Cl2N2O. The maximum absolute atomic E-state index is 6.25. The number of pyridine rings is 1. The lowest BCUT2D eigenvalue weighted by molar-refractivity contribution is 0.480. The van der Waals surface area contributed by atoms with Crippen LogP contribution < -0.4 is 10.1 Å². The monoisotopic (exact) mass is 310 g/mol. The van der Waals surface area contributed by atoms with Crippen LogP contribution in [0.5, 0.6) is 11.5 Å². The number of halogens is 2. The molecule has 0 spiro atoms. The molecule has 0 aliphatic rings. The van der Waals surface area contributed by atoms with Crippen LogP contribution >= 0.6 is 23.2 Å². The third-order valence-corrected chi connectivity index (χ3v) is 3.20. The van der Waals surface area contributed by atoms with Gasteiger partial charge in [0.1, 0.15) is 11.5 Å². The second-order valence-corrected chi connectivity index (χ2v) is 5.57. The quantitative estimate of drug-likeness (QED) is 0.870. The minimum Gasteiger partial charge on any atom is -0.456 e. The van der Waals surface area contributed by atoms with Crippen LogP contribution in [0.1, 0.15) is 19.4 Å². The SMILES string of the molecule is CC(C)NCc1ccc(Oc2cncc(Cl)c2)cc1Cl. The first-order valence-electron chi connectivity index (χ1n) is 6.35. The van der Waals surface area contributed by atoms with Crippen molar-refractivity contribution >= 4 is 23.2 Å². The Morgan fingerprint density at radius 3 is 2.60 bits per heavy atom. The van der Waals surface area contributed by atoms with Crippen molar-refractivity contribution in [2.24, 2.45) is 0 Å². The maximum Gasteiger partial charge on any atom is 0.147 e. The molecule has 106 valence electrons. The number of nitrogens with zero attached hydrogens (tertiary/aromatic N) is 1. The van der Waals surface area contributed by atoms with Gasteiger partial charge in [0, 0.05) is 29.9 Å². The lowest BCUT2D eigenvalue weighted by Gasteiger charge is -2.11. The fraction of sp³-hybridized carbons (Fsp3) is 0.267. The van der Waals surface area contributed by atoms with Crippen molar-refractivity contribution in [1.82, 2.24) is 10.3 Å². The molecule has 0 amide bonds. The Morgan fingerprint density at radius 2 is 1.95 bits per heavy atom. The van der Waals surface area contributed by atoms with Gasteiger partial charge in [0.05, 0.1) is 11.2 Å². The van der Waals surface area contributed by atoms with E-state index in [1.807, 2.05) is 12.1 Å². The Bertz CT molecular complexity index is 588. The van der Waals surface area contributed by atoms with Crippen LogP contribution in [0, 0.1) is 0 Å². The van der Waals surface area contributed by atoms with E-state index in [0.29, 0.717) is 27.6 Å². The fourth-order valence-electron chi connectivity index (χ4n) is 1.63. The van der Waals surface area contributed by atoms with Crippen molar-refractivity contribution in [3.8, 4) is 11.5 Å². The Balaban J connectivity index is 2.09. The molecule has 0 radical (unpaired) electrons. The summed E-state index contributed by atoms with van der Waals surface area (Å²) < 4.78 is 5.67. The summed E-state index contributed by atoms with van der Waals surface area (Å²) >= 11 is 12.1. The molecule has 3 nitrogen and oxygen atoms in total. The minimum absolute atomic E-state index is 0.416. The molecule has 20 heavy (non-hydrogen) atoms. The highest BCUT2D eigenvalue weighted by molar-refractivity contribution is 6.31. The molecule has 5 heteroatoms. The average molecular weight is 311 g/mol. The number of benzene rings is 1.